The van der Waals surface area contributed by atoms with Crippen molar-refractivity contribution in [2.75, 3.05) is 17.5 Å². The van der Waals surface area contributed by atoms with E-state index in [4.69, 9.17) is 4.42 Å². The number of carbonyl (C=O) groups excluding carboxylic acids is 1. The van der Waals surface area contributed by atoms with Crippen LogP contribution in [-0.2, 0) is 10.0 Å². The first-order valence-electron chi connectivity index (χ1n) is 10.8. The molecule has 0 bridgehead atoms. The highest BCUT2D eigenvalue weighted by Crippen LogP contribution is 2.40. The molecule has 10 heteroatoms. The smallest absolute Gasteiger partial charge is 0.255 e. The van der Waals surface area contributed by atoms with Crippen molar-refractivity contribution < 1.29 is 22.0 Å². The Morgan fingerprint density at radius 1 is 1.11 bits per heavy atom. The summed E-state index contributed by atoms with van der Waals surface area (Å²) < 4.78 is 49.0. The highest BCUT2D eigenvalue weighted by Gasteiger charge is 2.24. The number of amides is 1. The van der Waals surface area contributed by atoms with E-state index in [1.165, 1.54) is 31.3 Å². The lowest BCUT2D eigenvalue weighted by molar-refractivity contribution is 0.0964. The SMILES string of the molecule is CCS(=O)(=O)Nc1cc2oc(-c3ccc(F)cc3)c(C(=O)NC)c2cc1-c1ccc2nccn2c1. The number of furan rings is 1. The molecule has 0 aliphatic heterocycles. The predicted molar refractivity (Wildman–Crippen MR) is 132 cm³/mol. The maximum Gasteiger partial charge on any atom is 0.255 e. The van der Waals surface area contributed by atoms with Crippen LogP contribution in [0.5, 0.6) is 0 Å². The average molecular weight is 493 g/mol. The Morgan fingerprint density at radius 3 is 2.57 bits per heavy atom. The number of benzene rings is 2. The van der Waals surface area contributed by atoms with Gasteiger partial charge in [0.2, 0.25) is 10.0 Å². The molecule has 5 rings (SSSR count). The van der Waals surface area contributed by atoms with Gasteiger partial charge >= 0.3 is 0 Å². The summed E-state index contributed by atoms with van der Waals surface area (Å²) in [5.41, 5.74) is 3.40. The van der Waals surface area contributed by atoms with E-state index in [0.29, 0.717) is 33.3 Å². The fraction of sp³-hybridized carbons (Fsp3) is 0.120. The van der Waals surface area contributed by atoms with Gasteiger partial charge in [0, 0.05) is 53.8 Å². The summed E-state index contributed by atoms with van der Waals surface area (Å²) in [5.74, 6) is -0.667. The molecule has 8 nitrogen and oxygen atoms in total. The van der Waals surface area contributed by atoms with E-state index in [0.717, 1.165) is 5.65 Å². The second-order valence-electron chi connectivity index (χ2n) is 7.90. The van der Waals surface area contributed by atoms with E-state index in [-0.39, 0.29) is 23.0 Å². The summed E-state index contributed by atoms with van der Waals surface area (Å²) in [6.45, 7) is 1.54. The van der Waals surface area contributed by atoms with Gasteiger partial charge in [-0.1, -0.05) is 0 Å². The minimum absolute atomic E-state index is 0.118. The molecular weight excluding hydrogens is 471 g/mol. The van der Waals surface area contributed by atoms with Crippen LogP contribution in [0.15, 0.2) is 71.5 Å². The Labute approximate surface area is 200 Å². The zero-order valence-corrected chi connectivity index (χ0v) is 19.7. The number of hydrogen-bond acceptors (Lipinski definition) is 5. The highest BCUT2D eigenvalue weighted by molar-refractivity contribution is 7.92. The average Bonchev–Trinajstić information content (AvgIpc) is 3.47. The first kappa shape index (κ1) is 22.6. The van der Waals surface area contributed by atoms with Crippen molar-refractivity contribution in [3.05, 3.63) is 78.5 Å². The molecule has 2 N–H and O–H groups in total. The number of imidazole rings is 1. The Morgan fingerprint density at radius 2 is 1.86 bits per heavy atom. The number of anilines is 1. The molecule has 2 aromatic carbocycles. The first-order valence-corrected chi connectivity index (χ1v) is 12.5. The highest BCUT2D eigenvalue weighted by atomic mass is 32.2. The van der Waals surface area contributed by atoms with Crippen LogP contribution in [0.1, 0.15) is 17.3 Å². The van der Waals surface area contributed by atoms with Crippen molar-refractivity contribution >= 4 is 38.2 Å². The third-order valence-corrected chi connectivity index (χ3v) is 7.02. The molecule has 0 fully saturated rings. The largest absolute Gasteiger partial charge is 0.455 e. The van der Waals surface area contributed by atoms with Gasteiger partial charge in [-0.25, -0.2) is 17.8 Å². The van der Waals surface area contributed by atoms with Gasteiger partial charge in [0.1, 0.15) is 22.8 Å². The molecule has 3 aromatic heterocycles. The van der Waals surface area contributed by atoms with Gasteiger partial charge in [0.15, 0.2) is 0 Å². The topological polar surface area (TPSA) is 106 Å². The van der Waals surface area contributed by atoms with Crippen LogP contribution in [0.25, 0.3) is 39.1 Å². The lowest BCUT2D eigenvalue weighted by Gasteiger charge is -2.13. The van der Waals surface area contributed by atoms with Crippen LogP contribution in [0.4, 0.5) is 10.1 Å². The molecule has 35 heavy (non-hydrogen) atoms. The van der Waals surface area contributed by atoms with E-state index < -0.39 is 15.8 Å². The van der Waals surface area contributed by atoms with Gasteiger partial charge < -0.3 is 14.1 Å². The lowest BCUT2D eigenvalue weighted by Crippen LogP contribution is -2.18. The maximum atomic E-state index is 13.5. The Balaban J connectivity index is 1.81. The molecule has 3 heterocycles. The zero-order chi connectivity index (χ0) is 24.7. The molecule has 0 saturated heterocycles. The Kier molecular flexibility index (Phi) is 5.52. The molecular formula is C25H21FN4O4S. The van der Waals surface area contributed by atoms with Crippen molar-refractivity contribution in [3.8, 4) is 22.5 Å². The summed E-state index contributed by atoms with van der Waals surface area (Å²) in [6, 6.07) is 12.5. The third kappa shape index (κ3) is 4.12. The fourth-order valence-corrected chi connectivity index (χ4v) is 4.59. The number of rotatable bonds is 6. The molecule has 178 valence electrons. The number of hydrogen-bond donors (Lipinski definition) is 2. The van der Waals surface area contributed by atoms with Crippen LogP contribution in [0.3, 0.4) is 0 Å². The van der Waals surface area contributed by atoms with Crippen molar-refractivity contribution in [2.45, 2.75) is 6.92 Å². The third-order valence-electron chi connectivity index (χ3n) is 5.73. The Bertz CT molecular complexity index is 1690. The molecule has 0 saturated carbocycles. The summed E-state index contributed by atoms with van der Waals surface area (Å²) in [4.78, 5) is 17.2. The number of aromatic nitrogens is 2. The van der Waals surface area contributed by atoms with E-state index in [2.05, 4.69) is 15.0 Å². The summed E-state index contributed by atoms with van der Waals surface area (Å²) in [6.07, 6.45) is 5.28. The van der Waals surface area contributed by atoms with Crippen LogP contribution in [0, 0.1) is 5.82 Å². The molecule has 0 aliphatic carbocycles. The van der Waals surface area contributed by atoms with Gasteiger partial charge in [0.05, 0.1) is 17.0 Å². The van der Waals surface area contributed by atoms with Crippen LogP contribution in [-0.4, -0.2) is 36.5 Å². The van der Waals surface area contributed by atoms with E-state index in [9.17, 15) is 17.6 Å². The standard InChI is InChI=1S/C25H21FN4O4S/c1-3-35(32,33)29-20-13-21-19(12-18(20)16-6-9-22-28-10-11-30(22)14-16)23(25(31)27-2)24(34-21)15-4-7-17(26)8-5-15/h4-14,29H,3H2,1-2H3,(H,27,31). The first-order chi connectivity index (χ1) is 16.8. The minimum Gasteiger partial charge on any atom is -0.455 e. The van der Waals surface area contributed by atoms with E-state index >= 15 is 0 Å². The second-order valence-corrected chi connectivity index (χ2v) is 9.91. The summed E-state index contributed by atoms with van der Waals surface area (Å²) in [7, 11) is -2.11. The van der Waals surface area contributed by atoms with E-state index in [1.54, 1.807) is 31.5 Å². The Hall–Kier alpha value is -4.18. The van der Waals surface area contributed by atoms with Gasteiger partial charge in [-0.15, -0.1) is 0 Å². The van der Waals surface area contributed by atoms with Crippen molar-refractivity contribution in [1.29, 1.82) is 0 Å². The second kappa shape index (κ2) is 8.55. The van der Waals surface area contributed by atoms with Crippen molar-refractivity contribution in [2.24, 2.45) is 0 Å². The molecule has 0 unspecified atom stereocenters. The van der Waals surface area contributed by atoms with Crippen molar-refractivity contribution in [3.63, 3.8) is 0 Å². The van der Waals surface area contributed by atoms with Crippen LogP contribution in [0.2, 0.25) is 0 Å². The van der Waals surface area contributed by atoms with Gasteiger partial charge in [-0.3, -0.25) is 9.52 Å². The normalized spacial score (nSPS) is 11.7. The number of nitrogens with one attached hydrogen (secondary N) is 2. The molecule has 1 amide bonds. The van der Waals surface area contributed by atoms with Crippen LogP contribution >= 0.6 is 0 Å². The molecule has 0 aliphatic rings. The molecule has 0 atom stereocenters. The lowest BCUT2D eigenvalue weighted by atomic mass is 9.99. The fourth-order valence-electron chi connectivity index (χ4n) is 3.94. The summed E-state index contributed by atoms with van der Waals surface area (Å²) in [5, 5.41) is 3.12. The predicted octanol–water partition coefficient (Wildman–Crippen LogP) is 4.67. The number of sulfonamides is 1. The molecule has 0 radical (unpaired) electrons. The molecule has 5 aromatic rings. The quantitative estimate of drug-likeness (QED) is 0.358. The molecule has 0 spiro atoms. The van der Waals surface area contributed by atoms with E-state index in [1.807, 2.05) is 22.7 Å². The maximum absolute atomic E-state index is 13.5. The zero-order valence-electron chi connectivity index (χ0n) is 18.9. The summed E-state index contributed by atoms with van der Waals surface area (Å²) >= 11 is 0. The minimum atomic E-state index is -3.62. The van der Waals surface area contributed by atoms with Crippen molar-refractivity contribution in [1.82, 2.24) is 14.7 Å². The number of fused-ring (bicyclic) bond motifs is 2. The van der Waals surface area contributed by atoms with Crippen LogP contribution < -0.4 is 10.0 Å². The van der Waals surface area contributed by atoms with Gasteiger partial charge in [0.25, 0.3) is 5.91 Å². The monoisotopic (exact) mass is 492 g/mol. The van der Waals surface area contributed by atoms with Gasteiger partial charge in [-0.05, 0) is 49.4 Å². The number of halogens is 1. The number of pyridine rings is 1. The number of carbonyl (C=O) groups is 1. The number of nitrogens with zero attached hydrogens (tertiary/aromatic N) is 2. The van der Waals surface area contributed by atoms with Gasteiger partial charge in [-0.2, -0.15) is 0 Å².